The molecule has 1 N–H and O–H groups in total. The molecule has 0 aliphatic heterocycles. The molecule has 2 aliphatic carbocycles. The van der Waals surface area contributed by atoms with Gasteiger partial charge in [0.05, 0.1) is 0 Å². The molecule has 0 radical (unpaired) electrons. The number of fused-ring (bicyclic) bond motifs is 2. The molecule has 2 fully saturated rings. The van der Waals surface area contributed by atoms with E-state index >= 15 is 0 Å². The molecule has 0 unspecified atom stereocenters. The van der Waals surface area contributed by atoms with Crippen LogP contribution in [0.15, 0.2) is 12.7 Å². The molecule has 0 amide bonds. The standard InChI is InChI=1S/C13H22O/c1-2-9-13(10-14)11-5-3-6-12(13)8-4-7-11/h2,11-12,14H,1,3-10H2. The number of aliphatic hydroxyl groups excluding tert-OH is 1. The Morgan fingerprint density at radius 3 is 2.00 bits per heavy atom. The van der Waals surface area contributed by atoms with E-state index in [2.05, 4.69) is 6.58 Å². The Morgan fingerprint density at radius 2 is 1.64 bits per heavy atom. The minimum atomic E-state index is 0.220. The van der Waals surface area contributed by atoms with Crippen molar-refractivity contribution >= 4 is 0 Å². The molecular formula is C13H22O. The van der Waals surface area contributed by atoms with Crippen molar-refractivity contribution in [3.63, 3.8) is 0 Å². The second-order valence-electron chi connectivity index (χ2n) is 5.14. The zero-order valence-corrected chi connectivity index (χ0v) is 9.04. The SMILES string of the molecule is C=CCC1(CO)C2CCCC1CCC2. The minimum Gasteiger partial charge on any atom is -0.396 e. The Kier molecular flexibility index (Phi) is 2.96. The van der Waals surface area contributed by atoms with Crippen LogP contribution in [0, 0.1) is 17.3 Å². The van der Waals surface area contributed by atoms with Gasteiger partial charge in [-0.2, -0.15) is 0 Å². The fourth-order valence-electron chi connectivity index (χ4n) is 3.92. The van der Waals surface area contributed by atoms with Crippen molar-refractivity contribution in [2.45, 2.75) is 44.9 Å². The predicted octanol–water partition coefficient (Wildman–Crippen LogP) is 3.14. The summed E-state index contributed by atoms with van der Waals surface area (Å²) in [5.74, 6) is 1.55. The maximum atomic E-state index is 9.73. The summed E-state index contributed by atoms with van der Waals surface area (Å²) in [6.45, 7) is 4.25. The molecule has 1 nitrogen and oxygen atoms in total. The molecule has 2 aliphatic rings. The lowest BCUT2D eigenvalue weighted by Crippen LogP contribution is -2.46. The lowest BCUT2D eigenvalue weighted by molar-refractivity contribution is -0.0588. The summed E-state index contributed by atoms with van der Waals surface area (Å²) in [7, 11) is 0. The molecule has 2 rings (SSSR count). The Bertz CT molecular complexity index is 187. The monoisotopic (exact) mass is 194 g/mol. The predicted molar refractivity (Wildman–Crippen MR) is 59.0 cm³/mol. The van der Waals surface area contributed by atoms with Gasteiger partial charge in [0.1, 0.15) is 0 Å². The molecule has 0 saturated heterocycles. The third-order valence-electron chi connectivity index (χ3n) is 4.66. The quantitative estimate of drug-likeness (QED) is 0.684. The highest BCUT2D eigenvalue weighted by atomic mass is 16.3. The van der Waals surface area contributed by atoms with Crippen LogP contribution in [-0.2, 0) is 0 Å². The number of aliphatic hydroxyl groups is 1. The van der Waals surface area contributed by atoms with E-state index in [4.69, 9.17) is 0 Å². The molecular weight excluding hydrogens is 172 g/mol. The third-order valence-corrected chi connectivity index (χ3v) is 4.66. The van der Waals surface area contributed by atoms with E-state index < -0.39 is 0 Å². The van der Waals surface area contributed by atoms with Crippen LogP contribution in [-0.4, -0.2) is 11.7 Å². The van der Waals surface area contributed by atoms with Crippen LogP contribution in [0.2, 0.25) is 0 Å². The zero-order chi connectivity index (χ0) is 10.0. The molecule has 80 valence electrons. The Hall–Kier alpha value is -0.300. The van der Waals surface area contributed by atoms with E-state index in [0.717, 1.165) is 18.3 Å². The van der Waals surface area contributed by atoms with Gasteiger partial charge in [-0.3, -0.25) is 0 Å². The summed E-state index contributed by atoms with van der Waals surface area (Å²) in [5.41, 5.74) is 0.220. The van der Waals surface area contributed by atoms with Gasteiger partial charge in [-0.15, -0.1) is 6.58 Å². The third kappa shape index (κ3) is 1.42. The number of hydrogen-bond acceptors (Lipinski definition) is 1. The van der Waals surface area contributed by atoms with Gasteiger partial charge in [0, 0.05) is 12.0 Å². The van der Waals surface area contributed by atoms with Crippen LogP contribution in [0.4, 0.5) is 0 Å². The Balaban J connectivity index is 2.23. The fraction of sp³-hybridized carbons (Fsp3) is 0.846. The highest BCUT2D eigenvalue weighted by Gasteiger charge is 2.47. The molecule has 0 aromatic rings. The first-order chi connectivity index (χ1) is 6.83. The van der Waals surface area contributed by atoms with Crippen LogP contribution in [0.25, 0.3) is 0 Å². The molecule has 0 heterocycles. The number of hydrogen-bond donors (Lipinski definition) is 1. The fourth-order valence-corrected chi connectivity index (χ4v) is 3.92. The smallest absolute Gasteiger partial charge is 0.0495 e. The highest BCUT2D eigenvalue weighted by Crippen LogP contribution is 2.54. The van der Waals surface area contributed by atoms with Gasteiger partial charge in [0.2, 0.25) is 0 Å². The molecule has 0 aromatic heterocycles. The van der Waals surface area contributed by atoms with Gasteiger partial charge in [0.15, 0.2) is 0 Å². The van der Waals surface area contributed by atoms with Gasteiger partial charge in [-0.05, 0) is 43.9 Å². The first kappa shape index (κ1) is 10.2. The Labute approximate surface area is 87.2 Å². The van der Waals surface area contributed by atoms with Crippen LogP contribution in [0.3, 0.4) is 0 Å². The van der Waals surface area contributed by atoms with E-state index in [1.54, 1.807) is 0 Å². The lowest BCUT2D eigenvalue weighted by Gasteiger charge is -2.52. The molecule has 14 heavy (non-hydrogen) atoms. The molecule has 0 atom stereocenters. The summed E-state index contributed by atoms with van der Waals surface area (Å²) in [6, 6.07) is 0. The second kappa shape index (κ2) is 4.06. The van der Waals surface area contributed by atoms with E-state index in [-0.39, 0.29) is 5.41 Å². The van der Waals surface area contributed by atoms with Gasteiger partial charge in [-0.1, -0.05) is 18.9 Å². The summed E-state index contributed by atoms with van der Waals surface area (Å²) < 4.78 is 0. The van der Waals surface area contributed by atoms with Gasteiger partial charge in [0.25, 0.3) is 0 Å². The van der Waals surface area contributed by atoms with E-state index in [1.807, 2.05) is 6.08 Å². The van der Waals surface area contributed by atoms with Crippen LogP contribution in [0.1, 0.15) is 44.9 Å². The summed E-state index contributed by atoms with van der Waals surface area (Å²) in [4.78, 5) is 0. The minimum absolute atomic E-state index is 0.220. The maximum absolute atomic E-state index is 9.73. The van der Waals surface area contributed by atoms with Crippen molar-refractivity contribution < 1.29 is 5.11 Å². The van der Waals surface area contributed by atoms with Gasteiger partial charge in [-0.25, -0.2) is 0 Å². The number of allylic oxidation sites excluding steroid dienone is 1. The zero-order valence-electron chi connectivity index (χ0n) is 9.04. The van der Waals surface area contributed by atoms with Crippen LogP contribution >= 0.6 is 0 Å². The van der Waals surface area contributed by atoms with Crippen molar-refractivity contribution in [3.8, 4) is 0 Å². The van der Waals surface area contributed by atoms with Crippen molar-refractivity contribution in [2.75, 3.05) is 6.61 Å². The number of rotatable bonds is 3. The first-order valence-corrected chi connectivity index (χ1v) is 6.05. The van der Waals surface area contributed by atoms with Gasteiger partial charge < -0.3 is 5.11 Å². The van der Waals surface area contributed by atoms with Gasteiger partial charge >= 0.3 is 0 Å². The molecule has 0 spiro atoms. The summed E-state index contributed by atoms with van der Waals surface area (Å²) >= 11 is 0. The Morgan fingerprint density at radius 1 is 1.14 bits per heavy atom. The topological polar surface area (TPSA) is 20.2 Å². The summed E-state index contributed by atoms with van der Waals surface area (Å²) in [6.07, 6.45) is 11.2. The van der Waals surface area contributed by atoms with Crippen molar-refractivity contribution in [2.24, 2.45) is 17.3 Å². The lowest BCUT2D eigenvalue weighted by atomic mass is 9.53. The van der Waals surface area contributed by atoms with Crippen LogP contribution < -0.4 is 0 Å². The summed E-state index contributed by atoms with van der Waals surface area (Å²) in [5, 5.41) is 9.73. The largest absolute Gasteiger partial charge is 0.396 e. The molecule has 0 aromatic carbocycles. The first-order valence-electron chi connectivity index (χ1n) is 6.05. The molecule has 2 saturated carbocycles. The van der Waals surface area contributed by atoms with Crippen molar-refractivity contribution in [3.05, 3.63) is 12.7 Å². The average molecular weight is 194 g/mol. The molecule has 1 heteroatoms. The van der Waals surface area contributed by atoms with E-state index in [0.29, 0.717) is 6.61 Å². The normalized spacial score (nSPS) is 42.1. The average Bonchev–Trinajstić information content (AvgIpc) is 2.17. The molecule has 2 bridgehead atoms. The van der Waals surface area contributed by atoms with Crippen molar-refractivity contribution in [1.29, 1.82) is 0 Å². The second-order valence-corrected chi connectivity index (χ2v) is 5.14. The van der Waals surface area contributed by atoms with Crippen LogP contribution in [0.5, 0.6) is 0 Å². The van der Waals surface area contributed by atoms with Crippen molar-refractivity contribution in [1.82, 2.24) is 0 Å². The van der Waals surface area contributed by atoms with E-state index in [9.17, 15) is 5.11 Å². The maximum Gasteiger partial charge on any atom is 0.0495 e. The van der Waals surface area contributed by atoms with E-state index in [1.165, 1.54) is 38.5 Å². The highest BCUT2D eigenvalue weighted by molar-refractivity contribution is 5.00.